The summed E-state index contributed by atoms with van der Waals surface area (Å²) in [5.74, 6) is 1.29. The number of anilines is 2. The lowest BCUT2D eigenvalue weighted by Crippen LogP contribution is -2.43. The Bertz CT molecular complexity index is 1390. The summed E-state index contributed by atoms with van der Waals surface area (Å²) in [4.78, 5) is 37.3. The van der Waals surface area contributed by atoms with E-state index in [9.17, 15) is 9.59 Å². The second-order valence-corrected chi connectivity index (χ2v) is 10.4. The summed E-state index contributed by atoms with van der Waals surface area (Å²) in [5.41, 5.74) is 14.7. The van der Waals surface area contributed by atoms with Gasteiger partial charge >= 0.3 is 0 Å². The number of carbonyl (C=O) groups excluding carboxylic acids is 2. The van der Waals surface area contributed by atoms with Crippen LogP contribution >= 0.6 is 0 Å². The Hall–Kier alpha value is -4.58. The number of aliphatic imine (C=N–C) groups is 1. The summed E-state index contributed by atoms with van der Waals surface area (Å²) in [7, 11) is 3.48. The molecule has 3 aromatic heterocycles. The van der Waals surface area contributed by atoms with Crippen LogP contribution in [0.25, 0.3) is 10.9 Å². The van der Waals surface area contributed by atoms with Crippen molar-refractivity contribution >= 4 is 41.3 Å². The zero-order valence-electron chi connectivity index (χ0n) is 25.2. The first-order chi connectivity index (χ1) is 20.8. The Morgan fingerprint density at radius 3 is 2.53 bits per heavy atom. The molecule has 1 saturated heterocycles. The van der Waals surface area contributed by atoms with Crippen LogP contribution in [0.1, 0.15) is 55.2 Å². The number of hydrogen-bond donors (Lipinski definition) is 4. The van der Waals surface area contributed by atoms with Gasteiger partial charge in [0, 0.05) is 64.5 Å². The highest BCUT2D eigenvalue weighted by Crippen LogP contribution is 2.36. The molecule has 12 nitrogen and oxygen atoms in total. The monoisotopic (exact) mass is 588 g/mol. The molecule has 1 saturated carbocycles. The van der Waals surface area contributed by atoms with Gasteiger partial charge in [-0.15, -0.1) is 0 Å². The van der Waals surface area contributed by atoms with Gasteiger partial charge in [0.2, 0.25) is 5.91 Å². The first-order valence-corrected chi connectivity index (χ1v) is 14.5. The molecule has 1 aliphatic heterocycles. The minimum Gasteiger partial charge on any atom is -0.384 e. The van der Waals surface area contributed by atoms with E-state index >= 15 is 0 Å². The number of fused-ring (bicyclic) bond motifs is 1. The van der Waals surface area contributed by atoms with E-state index < -0.39 is 5.92 Å². The molecular weight excluding hydrogens is 544 g/mol. The second-order valence-electron chi connectivity index (χ2n) is 10.4. The summed E-state index contributed by atoms with van der Waals surface area (Å²) in [5, 5.41) is 11.4. The largest absolute Gasteiger partial charge is 0.384 e. The maximum atomic E-state index is 11.6. The predicted octanol–water partition coefficient (Wildman–Crippen LogP) is 2.79. The van der Waals surface area contributed by atoms with Crippen molar-refractivity contribution in [2.24, 2.45) is 17.8 Å². The molecule has 5 rings (SSSR count). The van der Waals surface area contributed by atoms with Crippen LogP contribution in [-0.4, -0.2) is 71.9 Å². The molecule has 0 radical (unpaired) electrons. The number of nitrogen functional groups attached to an aromatic ring is 1. The zero-order valence-corrected chi connectivity index (χ0v) is 25.2. The highest BCUT2D eigenvalue weighted by molar-refractivity contribution is 5.94. The maximum absolute atomic E-state index is 11.6. The van der Waals surface area contributed by atoms with Crippen LogP contribution in [0.4, 0.5) is 11.5 Å². The van der Waals surface area contributed by atoms with E-state index in [1.165, 1.54) is 24.8 Å². The van der Waals surface area contributed by atoms with Gasteiger partial charge in [0.25, 0.3) is 0 Å². The predicted molar refractivity (Wildman–Crippen MR) is 173 cm³/mol. The van der Waals surface area contributed by atoms with Crippen molar-refractivity contribution in [1.29, 1.82) is 0 Å². The summed E-state index contributed by atoms with van der Waals surface area (Å²) in [6, 6.07) is 3.97. The van der Waals surface area contributed by atoms with E-state index in [1.54, 1.807) is 25.4 Å². The van der Waals surface area contributed by atoms with Gasteiger partial charge in [-0.2, -0.15) is 5.10 Å². The fourth-order valence-electron chi connectivity index (χ4n) is 4.90. The molecule has 12 heteroatoms. The SMILES string of the molecule is C=C/C=C(/N)N=C.CNC(=O)CCC(C=O)c1nn(C)c2c(N3CCNCC3)cncc12.Nc1ccc(C2CCC2)cn1. The van der Waals surface area contributed by atoms with Gasteiger partial charge < -0.3 is 31.8 Å². The lowest BCUT2D eigenvalue weighted by Gasteiger charge is -2.29. The number of rotatable bonds is 9. The molecule has 1 amide bonds. The molecule has 2 fully saturated rings. The molecule has 1 aliphatic carbocycles. The third-order valence-electron chi connectivity index (χ3n) is 7.55. The minimum absolute atomic E-state index is 0.0771. The Balaban J connectivity index is 0.000000230. The number of aryl methyl sites for hydroxylation is 1. The Labute approximate surface area is 253 Å². The van der Waals surface area contributed by atoms with E-state index in [4.69, 9.17) is 11.5 Å². The number of allylic oxidation sites excluding steroid dienone is 2. The number of aldehydes is 1. The van der Waals surface area contributed by atoms with E-state index in [2.05, 4.69) is 55.0 Å². The minimum atomic E-state index is -0.416. The van der Waals surface area contributed by atoms with Crippen LogP contribution < -0.4 is 27.0 Å². The number of aromatic nitrogens is 4. The summed E-state index contributed by atoms with van der Waals surface area (Å²) < 4.78 is 1.82. The lowest BCUT2D eigenvalue weighted by atomic mass is 9.81. The molecule has 43 heavy (non-hydrogen) atoms. The van der Waals surface area contributed by atoms with Crippen molar-refractivity contribution in [3.05, 3.63) is 66.5 Å². The van der Waals surface area contributed by atoms with Crippen molar-refractivity contribution in [2.75, 3.05) is 43.9 Å². The van der Waals surface area contributed by atoms with Gasteiger partial charge in [0.1, 0.15) is 17.9 Å². The third-order valence-corrected chi connectivity index (χ3v) is 7.55. The first kappa shape index (κ1) is 32.9. The Morgan fingerprint density at radius 2 is 2.00 bits per heavy atom. The van der Waals surface area contributed by atoms with Crippen LogP contribution in [0, 0.1) is 0 Å². The quantitative estimate of drug-likeness (QED) is 0.167. The standard InChI is InChI=1S/C17H24N6O2.C9H12N2.C5H8N2/c1-18-15(25)4-3-12(11-24)16-13-9-20-10-14(17(13)22(2)21-16)23-7-5-19-6-8-23;10-9-5-4-8(6-11-9)7-2-1-3-7;1-3-4-5(6)7-2/h9-12,19H,3-8H2,1-2H3,(H,18,25);4-7H,1-3H2,(H2,10,11);3-4H,1-2,6H2/b;;5-4-. The number of piperazine rings is 1. The number of amides is 1. The van der Waals surface area contributed by atoms with Crippen LogP contribution in [0.15, 0.2) is 60.3 Å². The average Bonchev–Trinajstić information content (AvgIpc) is 3.35. The molecule has 1 atom stereocenters. The Kier molecular flexibility index (Phi) is 12.8. The molecule has 0 aromatic carbocycles. The molecular formula is C31H44N10O2. The van der Waals surface area contributed by atoms with Gasteiger partial charge in [-0.3, -0.25) is 14.5 Å². The average molecular weight is 589 g/mol. The van der Waals surface area contributed by atoms with E-state index in [0.29, 0.717) is 30.2 Å². The first-order valence-electron chi connectivity index (χ1n) is 14.5. The number of nitrogens with two attached hydrogens (primary N) is 2. The number of pyridine rings is 2. The van der Waals surface area contributed by atoms with Crippen LogP contribution in [0.5, 0.6) is 0 Å². The smallest absolute Gasteiger partial charge is 0.219 e. The van der Waals surface area contributed by atoms with E-state index in [1.807, 2.05) is 30.2 Å². The molecule has 6 N–H and O–H groups in total. The normalized spacial score (nSPS) is 15.6. The van der Waals surface area contributed by atoms with Gasteiger partial charge in [-0.05, 0) is 49.6 Å². The zero-order chi connectivity index (χ0) is 31.2. The van der Waals surface area contributed by atoms with Crippen molar-refractivity contribution < 1.29 is 9.59 Å². The topological polar surface area (TPSA) is 169 Å². The lowest BCUT2D eigenvalue weighted by molar-refractivity contribution is -0.120. The number of nitrogens with zero attached hydrogens (tertiary/aromatic N) is 6. The fraction of sp³-hybridized carbons (Fsp3) is 0.419. The summed E-state index contributed by atoms with van der Waals surface area (Å²) in [6.07, 6.45) is 14.3. The van der Waals surface area contributed by atoms with Crippen LogP contribution in [0.2, 0.25) is 0 Å². The maximum Gasteiger partial charge on any atom is 0.219 e. The molecule has 2 aliphatic rings. The number of carbonyl (C=O) groups is 2. The summed E-state index contributed by atoms with van der Waals surface area (Å²) in [6.45, 7) is 10.3. The van der Waals surface area contributed by atoms with Crippen molar-refractivity contribution in [3.8, 4) is 0 Å². The van der Waals surface area contributed by atoms with Crippen molar-refractivity contribution in [1.82, 2.24) is 30.4 Å². The highest BCUT2D eigenvalue weighted by Gasteiger charge is 2.23. The van der Waals surface area contributed by atoms with Gasteiger partial charge in [0.05, 0.1) is 29.0 Å². The molecule has 1 unspecified atom stereocenters. The van der Waals surface area contributed by atoms with Crippen LogP contribution in [-0.2, 0) is 16.6 Å². The molecule has 4 heterocycles. The highest BCUT2D eigenvalue weighted by atomic mass is 16.1. The Morgan fingerprint density at radius 1 is 1.26 bits per heavy atom. The van der Waals surface area contributed by atoms with E-state index in [-0.39, 0.29) is 5.91 Å². The van der Waals surface area contributed by atoms with Crippen molar-refractivity contribution in [2.45, 2.75) is 43.9 Å². The van der Waals surface area contributed by atoms with Gasteiger partial charge in [-0.1, -0.05) is 25.1 Å². The molecule has 230 valence electrons. The third kappa shape index (κ3) is 9.20. The van der Waals surface area contributed by atoms with Gasteiger partial charge in [-0.25, -0.2) is 9.98 Å². The number of hydrogen-bond acceptors (Lipinski definition) is 10. The fourth-order valence-corrected chi connectivity index (χ4v) is 4.90. The summed E-state index contributed by atoms with van der Waals surface area (Å²) >= 11 is 0. The van der Waals surface area contributed by atoms with E-state index in [0.717, 1.165) is 55.0 Å². The second kappa shape index (κ2) is 16.8. The molecule has 3 aromatic rings. The van der Waals surface area contributed by atoms with Crippen molar-refractivity contribution in [3.63, 3.8) is 0 Å². The number of nitrogens with one attached hydrogen (secondary N) is 2. The van der Waals surface area contributed by atoms with Crippen LogP contribution in [0.3, 0.4) is 0 Å². The molecule has 0 spiro atoms. The van der Waals surface area contributed by atoms with Gasteiger partial charge in [0.15, 0.2) is 0 Å². The molecule has 0 bridgehead atoms.